The van der Waals surface area contributed by atoms with Crippen LogP contribution in [0.2, 0.25) is 0 Å². The first-order valence-electron chi connectivity index (χ1n) is 6.35. The van der Waals surface area contributed by atoms with Gasteiger partial charge in [-0.05, 0) is 24.6 Å². The highest BCUT2D eigenvalue weighted by Crippen LogP contribution is 2.19. The molecule has 2 unspecified atom stereocenters. The average Bonchev–Trinajstić information content (AvgIpc) is 2.93. The molecule has 0 aliphatic rings. The van der Waals surface area contributed by atoms with Crippen LogP contribution < -0.4 is 5.32 Å². The van der Waals surface area contributed by atoms with E-state index in [1.54, 1.807) is 23.9 Å². The Hall–Kier alpha value is -2.28. The summed E-state index contributed by atoms with van der Waals surface area (Å²) in [4.78, 5) is 15.6. The minimum atomic E-state index is -1.13. The Kier molecular flexibility index (Phi) is 4.64. The van der Waals surface area contributed by atoms with Gasteiger partial charge in [0.1, 0.15) is 6.54 Å². The number of carbonyl (C=O) groups is 1. The summed E-state index contributed by atoms with van der Waals surface area (Å²) in [5, 5.41) is 12.7. The van der Waals surface area contributed by atoms with Crippen molar-refractivity contribution in [3.05, 3.63) is 54.1 Å². The number of aromatic nitrogens is 2. The van der Waals surface area contributed by atoms with E-state index >= 15 is 0 Å². The fourth-order valence-corrected chi connectivity index (χ4v) is 1.91. The van der Waals surface area contributed by atoms with Gasteiger partial charge in [0.2, 0.25) is 5.91 Å². The standard InChI is InChI=1S/C14H15F2N3O2/c1-9(18-13(20)7-19-5-4-17-8-19)14(21)10-2-3-11(15)12(16)6-10/h2-6,8-9,14,21H,7H2,1H3,(H,18,20). The monoisotopic (exact) mass is 295 g/mol. The van der Waals surface area contributed by atoms with Crippen LogP contribution in [0.25, 0.3) is 0 Å². The van der Waals surface area contributed by atoms with Crippen LogP contribution in [0.3, 0.4) is 0 Å². The smallest absolute Gasteiger partial charge is 0.240 e. The van der Waals surface area contributed by atoms with Crippen LogP contribution in [0.4, 0.5) is 8.78 Å². The summed E-state index contributed by atoms with van der Waals surface area (Å²) >= 11 is 0. The second-order valence-corrected chi connectivity index (χ2v) is 4.71. The Morgan fingerprint density at radius 2 is 2.19 bits per heavy atom. The van der Waals surface area contributed by atoms with Gasteiger partial charge in [0.15, 0.2) is 11.6 Å². The number of nitrogens with one attached hydrogen (secondary N) is 1. The number of aliphatic hydroxyl groups is 1. The molecule has 5 nitrogen and oxygen atoms in total. The Morgan fingerprint density at radius 1 is 1.43 bits per heavy atom. The molecule has 112 valence electrons. The number of rotatable bonds is 5. The molecular weight excluding hydrogens is 280 g/mol. The fourth-order valence-electron chi connectivity index (χ4n) is 1.91. The lowest BCUT2D eigenvalue weighted by atomic mass is 10.0. The number of amides is 1. The van der Waals surface area contributed by atoms with Gasteiger partial charge in [0, 0.05) is 12.4 Å². The Bertz CT molecular complexity index is 617. The van der Waals surface area contributed by atoms with Crippen LogP contribution in [0.1, 0.15) is 18.6 Å². The summed E-state index contributed by atoms with van der Waals surface area (Å²) in [6.45, 7) is 1.65. The second-order valence-electron chi connectivity index (χ2n) is 4.71. The van der Waals surface area contributed by atoms with Gasteiger partial charge in [-0.3, -0.25) is 4.79 Å². The topological polar surface area (TPSA) is 67.2 Å². The molecule has 0 saturated carbocycles. The maximum Gasteiger partial charge on any atom is 0.240 e. The van der Waals surface area contributed by atoms with Crippen molar-refractivity contribution in [2.24, 2.45) is 0 Å². The van der Waals surface area contributed by atoms with Crippen molar-refractivity contribution in [3.63, 3.8) is 0 Å². The van der Waals surface area contributed by atoms with Gasteiger partial charge in [-0.1, -0.05) is 6.07 Å². The van der Waals surface area contributed by atoms with Crippen molar-refractivity contribution in [2.45, 2.75) is 25.6 Å². The molecular formula is C14H15F2N3O2. The average molecular weight is 295 g/mol. The Balaban J connectivity index is 1.96. The quantitative estimate of drug-likeness (QED) is 0.876. The van der Waals surface area contributed by atoms with Gasteiger partial charge in [-0.25, -0.2) is 13.8 Å². The maximum atomic E-state index is 13.1. The molecule has 0 aliphatic carbocycles. The molecule has 0 aliphatic heterocycles. The van der Waals surface area contributed by atoms with Crippen LogP contribution in [0, 0.1) is 11.6 Å². The molecule has 1 amide bonds. The number of nitrogens with zero attached hydrogens (tertiary/aromatic N) is 2. The second kappa shape index (κ2) is 6.45. The van der Waals surface area contributed by atoms with E-state index in [9.17, 15) is 18.7 Å². The van der Waals surface area contributed by atoms with Crippen molar-refractivity contribution in [1.82, 2.24) is 14.9 Å². The Labute approximate surface area is 120 Å². The highest BCUT2D eigenvalue weighted by molar-refractivity contribution is 5.76. The van der Waals surface area contributed by atoms with E-state index in [-0.39, 0.29) is 18.0 Å². The molecule has 7 heteroatoms. The van der Waals surface area contributed by atoms with Crippen molar-refractivity contribution in [2.75, 3.05) is 0 Å². The Morgan fingerprint density at radius 3 is 2.81 bits per heavy atom. The first kappa shape index (κ1) is 15.1. The third kappa shape index (κ3) is 3.85. The molecule has 0 saturated heterocycles. The first-order chi connectivity index (χ1) is 9.97. The number of hydrogen-bond acceptors (Lipinski definition) is 3. The van der Waals surface area contributed by atoms with Crippen molar-refractivity contribution < 1.29 is 18.7 Å². The van der Waals surface area contributed by atoms with Crippen molar-refractivity contribution in [1.29, 1.82) is 0 Å². The number of benzene rings is 1. The normalized spacial score (nSPS) is 13.7. The molecule has 0 spiro atoms. The minimum Gasteiger partial charge on any atom is -0.386 e. The molecule has 0 radical (unpaired) electrons. The lowest BCUT2D eigenvalue weighted by molar-refractivity contribution is -0.123. The van der Waals surface area contributed by atoms with E-state index in [0.29, 0.717) is 0 Å². The first-order valence-corrected chi connectivity index (χ1v) is 6.35. The highest BCUT2D eigenvalue weighted by atomic mass is 19.2. The summed E-state index contributed by atoms with van der Waals surface area (Å²) in [6, 6.07) is 2.49. The number of carbonyl (C=O) groups excluding carboxylic acids is 1. The molecule has 2 atom stereocenters. The third-order valence-corrected chi connectivity index (χ3v) is 3.03. The highest BCUT2D eigenvalue weighted by Gasteiger charge is 2.19. The molecule has 2 rings (SSSR count). The van der Waals surface area contributed by atoms with Crippen molar-refractivity contribution >= 4 is 5.91 Å². The van der Waals surface area contributed by atoms with Gasteiger partial charge in [0.25, 0.3) is 0 Å². The third-order valence-electron chi connectivity index (χ3n) is 3.03. The molecule has 2 aromatic rings. The number of halogens is 2. The van der Waals surface area contributed by atoms with E-state index in [0.717, 1.165) is 12.1 Å². The lowest BCUT2D eigenvalue weighted by Crippen LogP contribution is -2.38. The maximum absolute atomic E-state index is 13.1. The fraction of sp³-hybridized carbons (Fsp3) is 0.286. The van der Waals surface area contributed by atoms with Gasteiger partial charge in [-0.2, -0.15) is 0 Å². The zero-order chi connectivity index (χ0) is 15.4. The molecule has 1 heterocycles. The summed E-state index contributed by atoms with van der Waals surface area (Å²) in [7, 11) is 0. The summed E-state index contributed by atoms with van der Waals surface area (Å²) in [5.74, 6) is -2.34. The van der Waals surface area contributed by atoms with Gasteiger partial charge in [-0.15, -0.1) is 0 Å². The zero-order valence-corrected chi connectivity index (χ0v) is 11.3. The van der Waals surface area contributed by atoms with E-state index in [4.69, 9.17) is 0 Å². The van der Waals surface area contributed by atoms with Crippen LogP contribution in [0.15, 0.2) is 36.9 Å². The molecule has 21 heavy (non-hydrogen) atoms. The van der Waals surface area contributed by atoms with Gasteiger partial charge in [0.05, 0.1) is 18.5 Å². The van der Waals surface area contributed by atoms with E-state index < -0.39 is 23.8 Å². The van der Waals surface area contributed by atoms with Gasteiger partial charge >= 0.3 is 0 Å². The SMILES string of the molecule is CC(NC(=O)Cn1ccnc1)C(O)c1ccc(F)c(F)c1. The molecule has 1 aromatic heterocycles. The van der Waals surface area contributed by atoms with Crippen molar-refractivity contribution in [3.8, 4) is 0 Å². The number of imidazole rings is 1. The summed E-state index contributed by atoms with van der Waals surface area (Å²) in [6.07, 6.45) is 3.55. The van der Waals surface area contributed by atoms with Crippen LogP contribution in [0.5, 0.6) is 0 Å². The summed E-state index contributed by atoms with van der Waals surface area (Å²) < 4.78 is 27.6. The molecule has 1 aromatic carbocycles. The van der Waals surface area contributed by atoms with Crippen LogP contribution >= 0.6 is 0 Å². The molecule has 0 fully saturated rings. The molecule has 2 N–H and O–H groups in total. The predicted octanol–water partition coefficient (Wildman–Crippen LogP) is 1.40. The van der Waals surface area contributed by atoms with E-state index in [2.05, 4.69) is 10.3 Å². The lowest BCUT2D eigenvalue weighted by Gasteiger charge is -2.21. The van der Waals surface area contributed by atoms with Crippen LogP contribution in [-0.2, 0) is 11.3 Å². The largest absolute Gasteiger partial charge is 0.386 e. The summed E-state index contributed by atoms with van der Waals surface area (Å²) in [5.41, 5.74) is 0.198. The predicted molar refractivity (Wildman–Crippen MR) is 71.1 cm³/mol. The van der Waals surface area contributed by atoms with Crippen LogP contribution in [-0.4, -0.2) is 26.6 Å². The van der Waals surface area contributed by atoms with Gasteiger partial charge < -0.3 is 15.0 Å². The zero-order valence-electron chi connectivity index (χ0n) is 11.3. The van der Waals surface area contributed by atoms with E-state index in [1.165, 1.54) is 12.4 Å². The number of hydrogen-bond donors (Lipinski definition) is 2. The van der Waals surface area contributed by atoms with E-state index in [1.807, 2.05) is 0 Å². The molecule has 0 bridgehead atoms. The number of aliphatic hydroxyl groups excluding tert-OH is 1. The minimum absolute atomic E-state index is 0.0643.